The van der Waals surface area contributed by atoms with Gasteiger partial charge in [0.05, 0.1) is 12.8 Å². The number of aliphatic hydroxyl groups is 1. The van der Waals surface area contributed by atoms with E-state index in [9.17, 15) is 0 Å². The molecule has 1 aliphatic heterocycles. The molecule has 0 saturated carbocycles. The first kappa shape index (κ1) is 9.74. The van der Waals surface area contributed by atoms with Gasteiger partial charge in [-0.25, -0.2) is 0 Å². The standard InChI is InChI=1S/C11H17NO2/c13-9-10-3-1-5-12(7-10)8-11-4-2-6-14-11/h2,4,6,10,13H,1,3,5,7-9H2/t10-/m0/s1. The van der Waals surface area contributed by atoms with Crippen LogP contribution in [0.15, 0.2) is 22.8 Å². The van der Waals surface area contributed by atoms with Crippen LogP contribution in [0.25, 0.3) is 0 Å². The summed E-state index contributed by atoms with van der Waals surface area (Å²) in [6.07, 6.45) is 4.06. The van der Waals surface area contributed by atoms with E-state index in [1.165, 1.54) is 6.42 Å². The average molecular weight is 195 g/mol. The van der Waals surface area contributed by atoms with Crippen molar-refractivity contribution >= 4 is 0 Å². The molecule has 0 unspecified atom stereocenters. The lowest BCUT2D eigenvalue weighted by atomic mass is 9.99. The van der Waals surface area contributed by atoms with Gasteiger partial charge in [0.15, 0.2) is 0 Å². The zero-order chi connectivity index (χ0) is 9.80. The summed E-state index contributed by atoms with van der Waals surface area (Å²) in [6, 6.07) is 3.92. The monoisotopic (exact) mass is 195 g/mol. The van der Waals surface area contributed by atoms with Crippen molar-refractivity contribution in [1.82, 2.24) is 4.90 Å². The summed E-state index contributed by atoms with van der Waals surface area (Å²) in [4.78, 5) is 2.35. The second-order valence-electron chi connectivity index (χ2n) is 4.01. The molecule has 1 fully saturated rings. The Kier molecular flexibility index (Phi) is 3.22. The summed E-state index contributed by atoms with van der Waals surface area (Å²) in [5, 5.41) is 9.08. The number of rotatable bonds is 3. The van der Waals surface area contributed by atoms with Crippen LogP contribution in [0.5, 0.6) is 0 Å². The zero-order valence-electron chi connectivity index (χ0n) is 8.35. The van der Waals surface area contributed by atoms with E-state index in [1.54, 1.807) is 6.26 Å². The van der Waals surface area contributed by atoms with Gasteiger partial charge >= 0.3 is 0 Å². The van der Waals surface area contributed by atoms with Crippen LogP contribution in [0.1, 0.15) is 18.6 Å². The predicted molar refractivity (Wildman–Crippen MR) is 53.8 cm³/mol. The lowest BCUT2D eigenvalue weighted by molar-refractivity contribution is 0.110. The second kappa shape index (κ2) is 4.62. The molecule has 1 atom stereocenters. The second-order valence-corrected chi connectivity index (χ2v) is 4.01. The Morgan fingerprint density at radius 1 is 1.57 bits per heavy atom. The highest BCUT2D eigenvalue weighted by Crippen LogP contribution is 2.17. The Morgan fingerprint density at radius 2 is 2.50 bits per heavy atom. The fourth-order valence-electron chi connectivity index (χ4n) is 2.07. The van der Waals surface area contributed by atoms with Crippen LogP contribution in [0, 0.1) is 5.92 Å². The summed E-state index contributed by atoms with van der Waals surface area (Å²) >= 11 is 0. The van der Waals surface area contributed by atoms with Crippen molar-refractivity contribution in [2.45, 2.75) is 19.4 Å². The van der Waals surface area contributed by atoms with Gasteiger partial charge in [-0.15, -0.1) is 0 Å². The van der Waals surface area contributed by atoms with Crippen LogP contribution in [-0.4, -0.2) is 29.7 Å². The molecule has 1 aromatic rings. The highest BCUT2D eigenvalue weighted by Gasteiger charge is 2.19. The van der Waals surface area contributed by atoms with Gasteiger partial charge in [0.1, 0.15) is 5.76 Å². The maximum atomic E-state index is 9.08. The molecule has 2 heterocycles. The van der Waals surface area contributed by atoms with Crippen LogP contribution >= 0.6 is 0 Å². The van der Waals surface area contributed by atoms with E-state index in [4.69, 9.17) is 9.52 Å². The average Bonchev–Trinajstić information content (AvgIpc) is 2.71. The molecule has 3 heteroatoms. The van der Waals surface area contributed by atoms with E-state index >= 15 is 0 Å². The molecule has 0 radical (unpaired) electrons. The van der Waals surface area contributed by atoms with Gasteiger partial charge in [0.2, 0.25) is 0 Å². The maximum Gasteiger partial charge on any atom is 0.117 e. The fourth-order valence-corrected chi connectivity index (χ4v) is 2.07. The molecule has 0 aliphatic carbocycles. The number of nitrogens with zero attached hydrogens (tertiary/aromatic N) is 1. The molecule has 0 bridgehead atoms. The molecule has 0 spiro atoms. The summed E-state index contributed by atoms with van der Waals surface area (Å²) in [5.41, 5.74) is 0. The van der Waals surface area contributed by atoms with Crippen LogP contribution in [0.4, 0.5) is 0 Å². The lowest BCUT2D eigenvalue weighted by Gasteiger charge is -2.30. The Bertz CT molecular complexity index is 258. The number of likely N-dealkylation sites (tertiary alicyclic amines) is 1. The Labute approximate surface area is 84.3 Å². The van der Waals surface area contributed by atoms with Crippen molar-refractivity contribution in [2.24, 2.45) is 5.92 Å². The van der Waals surface area contributed by atoms with Gasteiger partial charge in [0, 0.05) is 13.2 Å². The summed E-state index contributed by atoms with van der Waals surface area (Å²) in [5.74, 6) is 1.47. The van der Waals surface area contributed by atoms with Crippen LogP contribution < -0.4 is 0 Å². The Balaban J connectivity index is 1.86. The molecule has 2 rings (SSSR count). The van der Waals surface area contributed by atoms with E-state index in [1.807, 2.05) is 12.1 Å². The van der Waals surface area contributed by atoms with E-state index in [0.717, 1.165) is 31.8 Å². The minimum Gasteiger partial charge on any atom is -0.468 e. The SMILES string of the molecule is OC[C@H]1CCCN(Cc2ccco2)C1. The van der Waals surface area contributed by atoms with Gasteiger partial charge in [-0.1, -0.05) is 0 Å². The van der Waals surface area contributed by atoms with E-state index < -0.39 is 0 Å². The largest absolute Gasteiger partial charge is 0.468 e. The molecule has 1 N–H and O–H groups in total. The normalized spacial score (nSPS) is 23.9. The van der Waals surface area contributed by atoms with Crippen molar-refractivity contribution in [3.8, 4) is 0 Å². The number of aliphatic hydroxyl groups excluding tert-OH is 1. The molecule has 1 saturated heterocycles. The van der Waals surface area contributed by atoms with Crippen molar-refractivity contribution in [3.63, 3.8) is 0 Å². The lowest BCUT2D eigenvalue weighted by Crippen LogP contribution is -2.36. The first-order valence-electron chi connectivity index (χ1n) is 5.24. The quantitative estimate of drug-likeness (QED) is 0.793. The van der Waals surface area contributed by atoms with Gasteiger partial charge in [-0.05, 0) is 37.4 Å². The zero-order valence-corrected chi connectivity index (χ0v) is 8.35. The van der Waals surface area contributed by atoms with Crippen molar-refractivity contribution in [1.29, 1.82) is 0 Å². The van der Waals surface area contributed by atoms with Gasteiger partial charge in [0.25, 0.3) is 0 Å². The van der Waals surface area contributed by atoms with Crippen molar-refractivity contribution in [2.75, 3.05) is 19.7 Å². The third-order valence-corrected chi connectivity index (χ3v) is 2.82. The Morgan fingerprint density at radius 3 is 3.21 bits per heavy atom. The minimum absolute atomic E-state index is 0.314. The fraction of sp³-hybridized carbons (Fsp3) is 0.636. The van der Waals surface area contributed by atoms with E-state index in [-0.39, 0.29) is 0 Å². The third kappa shape index (κ3) is 2.36. The van der Waals surface area contributed by atoms with Gasteiger partial charge < -0.3 is 9.52 Å². The number of hydrogen-bond acceptors (Lipinski definition) is 3. The maximum absolute atomic E-state index is 9.08. The van der Waals surface area contributed by atoms with Crippen LogP contribution in [0.3, 0.4) is 0 Å². The predicted octanol–water partition coefficient (Wildman–Crippen LogP) is 1.48. The smallest absolute Gasteiger partial charge is 0.117 e. The molecule has 1 aromatic heterocycles. The first-order valence-corrected chi connectivity index (χ1v) is 5.24. The number of piperidine rings is 1. The van der Waals surface area contributed by atoms with Gasteiger partial charge in [-0.3, -0.25) is 4.90 Å². The molecular weight excluding hydrogens is 178 g/mol. The molecule has 1 aliphatic rings. The molecular formula is C11H17NO2. The summed E-state index contributed by atoms with van der Waals surface area (Å²) < 4.78 is 5.30. The summed E-state index contributed by atoms with van der Waals surface area (Å²) in [6.45, 7) is 3.31. The topological polar surface area (TPSA) is 36.6 Å². The van der Waals surface area contributed by atoms with E-state index in [0.29, 0.717) is 12.5 Å². The summed E-state index contributed by atoms with van der Waals surface area (Å²) in [7, 11) is 0. The van der Waals surface area contributed by atoms with E-state index in [2.05, 4.69) is 4.90 Å². The third-order valence-electron chi connectivity index (χ3n) is 2.82. The number of furan rings is 1. The van der Waals surface area contributed by atoms with Crippen LogP contribution in [0.2, 0.25) is 0 Å². The Hall–Kier alpha value is -0.800. The minimum atomic E-state index is 0.314. The highest BCUT2D eigenvalue weighted by atomic mass is 16.3. The first-order chi connectivity index (χ1) is 6.88. The molecule has 78 valence electrons. The number of hydrogen-bond donors (Lipinski definition) is 1. The molecule has 14 heavy (non-hydrogen) atoms. The molecule has 0 amide bonds. The van der Waals surface area contributed by atoms with Gasteiger partial charge in [-0.2, -0.15) is 0 Å². The molecule has 0 aromatic carbocycles. The molecule has 3 nitrogen and oxygen atoms in total. The van der Waals surface area contributed by atoms with Crippen molar-refractivity contribution in [3.05, 3.63) is 24.2 Å². The highest BCUT2D eigenvalue weighted by molar-refractivity contribution is 4.98. The van der Waals surface area contributed by atoms with Crippen LogP contribution in [-0.2, 0) is 6.54 Å². The van der Waals surface area contributed by atoms with Crippen molar-refractivity contribution < 1.29 is 9.52 Å².